The first-order valence-corrected chi connectivity index (χ1v) is 7.82. The van der Waals surface area contributed by atoms with Gasteiger partial charge in [-0.1, -0.05) is 23.5 Å². The second kappa shape index (κ2) is 6.05. The molecule has 1 aliphatic heterocycles. The molecule has 0 radical (unpaired) electrons. The average Bonchev–Trinajstić information content (AvgIpc) is 2.98. The molecule has 0 amide bonds. The maximum atomic E-state index is 9.44. The quantitative estimate of drug-likeness (QED) is 0.722. The van der Waals surface area contributed by atoms with Crippen molar-refractivity contribution in [1.82, 2.24) is 20.2 Å². The van der Waals surface area contributed by atoms with Crippen LogP contribution in [0.4, 0.5) is 0 Å². The van der Waals surface area contributed by atoms with Crippen LogP contribution in [0.15, 0.2) is 26.4 Å². The van der Waals surface area contributed by atoms with Gasteiger partial charge in [-0.25, -0.2) is 9.97 Å². The molecule has 9 heteroatoms. The Morgan fingerprint density at radius 2 is 1.57 bits per heavy atom. The van der Waals surface area contributed by atoms with E-state index in [4.69, 9.17) is 10.5 Å². The van der Waals surface area contributed by atoms with Crippen molar-refractivity contribution in [1.29, 1.82) is 15.8 Å². The summed E-state index contributed by atoms with van der Waals surface area (Å²) in [6.45, 7) is 1.81. The molecule has 0 spiro atoms. The Labute approximate surface area is 139 Å². The lowest BCUT2D eigenvalue weighted by atomic mass is 10.2. The molecular weight excluding hydrogens is 330 g/mol. The summed E-state index contributed by atoms with van der Waals surface area (Å²) in [5.41, 5.74) is 1.54. The third kappa shape index (κ3) is 2.74. The van der Waals surface area contributed by atoms with Gasteiger partial charge in [0.15, 0.2) is 11.4 Å². The van der Waals surface area contributed by atoms with Crippen LogP contribution in [-0.2, 0) is 0 Å². The number of allylic oxidation sites excluding steroid dienone is 1. The van der Waals surface area contributed by atoms with Crippen molar-refractivity contribution in [3.05, 3.63) is 39.1 Å². The van der Waals surface area contributed by atoms with E-state index in [9.17, 15) is 5.26 Å². The van der Waals surface area contributed by atoms with Gasteiger partial charge in [0, 0.05) is 0 Å². The molecule has 1 aliphatic rings. The number of hydrogen-bond donors (Lipinski definition) is 0. The van der Waals surface area contributed by atoms with Gasteiger partial charge in [-0.15, -0.1) is 5.10 Å². The van der Waals surface area contributed by atoms with Crippen LogP contribution in [-0.4, -0.2) is 20.2 Å². The first-order chi connectivity index (χ1) is 11.2. The number of hydrogen-bond acceptors (Lipinski definition) is 9. The SMILES string of the molecule is Cc1ccc(C(C#N)=C2Sc3nc(C#N)c(C#N)nc3S2)nn1. The van der Waals surface area contributed by atoms with Gasteiger partial charge in [-0.3, -0.25) is 0 Å². The highest BCUT2D eigenvalue weighted by Gasteiger charge is 2.27. The topological polar surface area (TPSA) is 123 Å². The van der Waals surface area contributed by atoms with Gasteiger partial charge >= 0.3 is 0 Å². The van der Waals surface area contributed by atoms with E-state index in [0.29, 0.717) is 25.6 Å². The molecule has 0 bridgehead atoms. The molecule has 0 aromatic carbocycles. The van der Waals surface area contributed by atoms with E-state index in [1.54, 1.807) is 12.1 Å². The molecule has 0 fully saturated rings. The summed E-state index contributed by atoms with van der Waals surface area (Å²) < 4.78 is 0.652. The summed E-state index contributed by atoms with van der Waals surface area (Å²) in [7, 11) is 0. The third-order valence-electron chi connectivity index (χ3n) is 2.79. The highest BCUT2D eigenvalue weighted by molar-refractivity contribution is 8.24. The number of fused-ring (bicyclic) bond motifs is 1. The summed E-state index contributed by atoms with van der Waals surface area (Å²) in [4.78, 5) is 8.27. The summed E-state index contributed by atoms with van der Waals surface area (Å²) in [6, 6.07) is 9.32. The summed E-state index contributed by atoms with van der Waals surface area (Å²) in [6.07, 6.45) is 0. The number of aryl methyl sites for hydroxylation is 1. The van der Waals surface area contributed by atoms with Gasteiger partial charge in [-0.05, 0) is 19.1 Å². The van der Waals surface area contributed by atoms with Crippen LogP contribution in [0.1, 0.15) is 22.8 Å². The minimum Gasteiger partial charge on any atom is -0.224 e. The molecule has 0 unspecified atom stereocenters. The van der Waals surface area contributed by atoms with Crippen LogP contribution in [0.25, 0.3) is 5.57 Å². The Bertz CT molecular complexity index is 914. The maximum absolute atomic E-state index is 9.44. The van der Waals surface area contributed by atoms with Crippen LogP contribution in [0.3, 0.4) is 0 Å². The van der Waals surface area contributed by atoms with Crippen molar-refractivity contribution >= 4 is 29.1 Å². The van der Waals surface area contributed by atoms with Crippen molar-refractivity contribution < 1.29 is 0 Å². The zero-order chi connectivity index (χ0) is 16.4. The van der Waals surface area contributed by atoms with E-state index in [-0.39, 0.29) is 11.4 Å². The Balaban J connectivity index is 2.06. The number of rotatable bonds is 1. The Morgan fingerprint density at radius 3 is 2.00 bits per heavy atom. The molecule has 0 atom stereocenters. The minimum atomic E-state index is -0.0192. The zero-order valence-electron chi connectivity index (χ0n) is 11.6. The lowest BCUT2D eigenvalue weighted by Crippen LogP contribution is -1.96. The number of thioether (sulfide) groups is 2. The second-order valence-corrected chi connectivity index (χ2v) is 6.55. The number of aromatic nitrogens is 4. The molecule has 2 aromatic heterocycles. The zero-order valence-corrected chi connectivity index (χ0v) is 13.2. The van der Waals surface area contributed by atoms with E-state index >= 15 is 0 Å². The number of nitrogens with zero attached hydrogens (tertiary/aromatic N) is 7. The van der Waals surface area contributed by atoms with Gasteiger partial charge < -0.3 is 0 Å². The van der Waals surface area contributed by atoms with E-state index in [2.05, 4.69) is 26.2 Å². The predicted octanol–water partition coefficient (Wildman–Crippen LogP) is 2.41. The minimum absolute atomic E-state index is 0.0192. The van der Waals surface area contributed by atoms with Crippen LogP contribution in [0.2, 0.25) is 0 Å². The first kappa shape index (κ1) is 15.0. The Morgan fingerprint density at radius 1 is 0.957 bits per heavy atom. The molecule has 108 valence electrons. The molecule has 23 heavy (non-hydrogen) atoms. The fraction of sp³-hybridized carbons (Fsp3) is 0.0714. The lowest BCUT2D eigenvalue weighted by Gasteiger charge is -2.00. The predicted molar refractivity (Wildman–Crippen MR) is 82.5 cm³/mol. The molecule has 3 rings (SSSR count). The normalized spacial score (nSPS) is 12.0. The van der Waals surface area contributed by atoms with Crippen LogP contribution >= 0.6 is 23.5 Å². The summed E-state index contributed by atoms with van der Waals surface area (Å²) >= 11 is 2.47. The van der Waals surface area contributed by atoms with Crippen molar-refractivity contribution in [3.63, 3.8) is 0 Å². The fourth-order valence-corrected chi connectivity index (χ4v) is 4.02. The molecule has 2 aromatic rings. The van der Waals surface area contributed by atoms with Gasteiger partial charge in [0.2, 0.25) is 0 Å². The molecule has 0 aliphatic carbocycles. The molecule has 3 heterocycles. The van der Waals surface area contributed by atoms with E-state index in [1.807, 2.05) is 19.1 Å². The fourth-order valence-electron chi connectivity index (χ4n) is 1.73. The van der Waals surface area contributed by atoms with E-state index in [0.717, 1.165) is 5.69 Å². The van der Waals surface area contributed by atoms with Crippen LogP contribution in [0.5, 0.6) is 0 Å². The van der Waals surface area contributed by atoms with Crippen LogP contribution in [0, 0.1) is 40.9 Å². The summed E-state index contributed by atoms with van der Waals surface area (Å²) in [5, 5.41) is 36.4. The molecule has 7 nitrogen and oxygen atoms in total. The standard InChI is InChI=1S/C14H5N7S2/c1-7-2-3-9(21-20-7)8(4-15)14-22-12-13(23-14)19-11(6-17)10(5-16)18-12/h2-3H,1H3. The average molecular weight is 335 g/mol. The number of nitriles is 3. The summed E-state index contributed by atoms with van der Waals surface area (Å²) in [5.74, 6) is 0. The van der Waals surface area contributed by atoms with Gasteiger partial charge in [0.25, 0.3) is 0 Å². The monoisotopic (exact) mass is 335 g/mol. The molecule has 0 saturated carbocycles. The Hall–Kier alpha value is -2.93. The second-order valence-electron chi connectivity index (χ2n) is 4.29. The highest BCUT2D eigenvalue weighted by Crippen LogP contribution is 2.51. The van der Waals surface area contributed by atoms with Gasteiger partial charge in [0.05, 0.1) is 9.93 Å². The molecular formula is C14H5N7S2. The highest BCUT2D eigenvalue weighted by atomic mass is 32.2. The first-order valence-electron chi connectivity index (χ1n) is 6.19. The van der Waals surface area contributed by atoms with Crippen molar-refractivity contribution in [2.24, 2.45) is 0 Å². The lowest BCUT2D eigenvalue weighted by molar-refractivity contribution is 0.902. The Kier molecular flexibility index (Phi) is 3.94. The molecule has 0 saturated heterocycles. The van der Waals surface area contributed by atoms with Crippen molar-refractivity contribution in [2.45, 2.75) is 17.0 Å². The van der Waals surface area contributed by atoms with Crippen molar-refractivity contribution in [3.8, 4) is 18.2 Å². The third-order valence-corrected chi connectivity index (χ3v) is 5.16. The molecule has 0 N–H and O–H groups in total. The van der Waals surface area contributed by atoms with E-state index < -0.39 is 0 Å². The van der Waals surface area contributed by atoms with E-state index in [1.165, 1.54) is 23.5 Å². The van der Waals surface area contributed by atoms with Gasteiger partial charge in [-0.2, -0.15) is 20.9 Å². The maximum Gasteiger partial charge on any atom is 0.178 e. The van der Waals surface area contributed by atoms with Crippen LogP contribution < -0.4 is 0 Å². The largest absolute Gasteiger partial charge is 0.224 e. The smallest absolute Gasteiger partial charge is 0.178 e. The van der Waals surface area contributed by atoms with Gasteiger partial charge in [0.1, 0.15) is 39.5 Å². The van der Waals surface area contributed by atoms with Crippen molar-refractivity contribution in [2.75, 3.05) is 0 Å².